The van der Waals surface area contributed by atoms with E-state index in [1.54, 1.807) is 31.1 Å². The lowest BCUT2D eigenvalue weighted by atomic mass is 9.72. The molecular formula is C30H42F2OSi. The van der Waals surface area contributed by atoms with Crippen molar-refractivity contribution in [1.29, 1.82) is 0 Å². The van der Waals surface area contributed by atoms with Crippen LogP contribution in [0.2, 0.25) is 18.1 Å². The Hall–Kier alpha value is -1.68. The number of ether oxygens (including phenoxy) is 1. The van der Waals surface area contributed by atoms with Gasteiger partial charge in [0.05, 0.1) is 6.61 Å². The zero-order valence-corrected chi connectivity index (χ0v) is 22.3. The van der Waals surface area contributed by atoms with Crippen molar-refractivity contribution in [3.8, 4) is 16.9 Å². The molecule has 0 radical (unpaired) electrons. The Morgan fingerprint density at radius 3 is 2.12 bits per heavy atom. The van der Waals surface area contributed by atoms with Crippen LogP contribution in [-0.2, 0) is 0 Å². The molecule has 1 saturated heterocycles. The van der Waals surface area contributed by atoms with Crippen LogP contribution in [0.15, 0.2) is 36.4 Å². The van der Waals surface area contributed by atoms with E-state index < -0.39 is 20.4 Å². The standard InChI is InChI=1S/C30H42F2OSi/c1-3-5-6-19-34-20-17-25(18-21-34)24-9-7-22(8-10-24)23-11-13-26(14-12-23)27-15-16-28(33-4-2)30(32)29(27)31/h11-16,22,24-25,34H,3-10,17-21H2,1-2H3. The molecule has 0 aromatic heterocycles. The molecule has 186 valence electrons. The Labute approximate surface area is 206 Å². The van der Waals surface area contributed by atoms with Gasteiger partial charge in [0.2, 0.25) is 5.82 Å². The third kappa shape index (κ3) is 6.11. The fraction of sp³-hybridized carbons (Fsp3) is 0.600. The number of unbranched alkanes of at least 4 members (excludes halogenated alkanes) is 2. The maximum atomic E-state index is 14.6. The first-order valence-corrected chi connectivity index (χ1v) is 16.3. The van der Waals surface area contributed by atoms with Crippen molar-refractivity contribution >= 4 is 8.80 Å². The van der Waals surface area contributed by atoms with E-state index in [-0.39, 0.29) is 5.75 Å². The Morgan fingerprint density at radius 1 is 0.794 bits per heavy atom. The molecule has 2 fully saturated rings. The average Bonchev–Trinajstić information content (AvgIpc) is 2.88. The molecule has 1 aliphatic heterocycles. The van der Waals surface area contributed by atoms with Crippen molar-refractivity contribution in [3.63, 3.8) is 0 Å². The third-order valence-electron chi connectivity index (χ3n) is 8.59. The van der Waals surface area contributed by atoms with E-state index in [1.165, 1.54) is 69.4 Å². The van der Waals surface area contributed by atoms with Crippen LogP contribution in [0.4, 0.5) is 8.78 Å². The van der Waals surface area contributed by atoms with Crippen LogP contribution in [0, 0.1) is 23.5 Å². The summed E-state index contributed by atoms with van der Waals surface area (Å²) in [5, 5.41) is 0. The monoisotopic (exact) mass is 484 g/mol. The van der Waals surface area contributed by atoms with Crippen LogP contribution in [0.25, 0.3) is 11.1 Å². The van der Waals surface area contributed by atoms with Gasteiger partial charge >= 0.3 is 0 Å². The molecule has 1 saturated carbocycles. The van der Waals surface area contributed by atoms with Gasteiger partial charge in [-0.05, 0) is 73.6 Å². The number of hydrogen-bond donors (Lipinski definition) is 0. The van der Waals surface area contributed by atoms with E-state index >= 15 is 0 Å². The smallest absolute Gasteiger partial charge is 0.201 e. The maximum Gasteiger partial charge on any atom is 0.201 e. The minimum atomic E-state index is -0.903. The van der Waals surface area contributed by atoms with Gasteiger partial charge in [0.1, 0.15) is 0 Å². The first-order valence-electron chi connectivity index (χ1n) is 13.8. The number of rotatable bonds is 9. The van der Waals surface area contributed by atoms with Gasteiger partial charge in [0.15, 0.2) is 11.6 Å². The van der Waals surface area contributed by atoms with Crippen LogP contribution in [0.3, 0.4) is 0 Å². The largest absolute Gasteiger partial charge is 0.491 e. The fourth-order valence-corrected chi connectivity index (χ4v) is 10.0. The highest BCUT2D eigenvalue weighted by Crippen LogP contribution is 2.44. The van der Waals surface area contributed by atoms with E-state index in [0.29, 0.717) is 18.1 Å². The van der Waals surface area contributed by atoms with E-state index in [4.69, 9.17) is 4.74 Å². The highest BCUT2D eigenvalue weighted by molar-refractivity contribution is 6.58. The van der Waals surface area contributed by atoms with E-state index in [1.807, 2.05) is 12.1 Å². The quantitative estimate of drug-likeness (QED) is 0.255. The Morgan fingerprint density at radius 2 is 1.47 bits per heavy atom. The normalized spacial score (nSPS) is 25.3. The summed E-state index contributed by atoms with van der Waals surface area (Å²) in [6.07, 6.45) is 12.6. The summed E-state index contributed by atoms with van der Waals surface area (Å²) in [7, 11) is -0.414. The Bertz CT molecular complexity index is 897. The molecule has 0 amide bonds. The van der Waals surface area contributed by atoms with Crippen molar-refractivity contribution in [2.45, 2.75) is 95.7 Å². The minimum absolute atomic E-state index is 0.0237. The van der Waals surface area contributed by atoms with Crippen LogP contribution in [0.5, 0.6) is 5.75 Å². The highest BCUT2D eigenvalue weighted by Gasteiger charge is 2.31. The predicted octanol–water partition coefficient (Wildman–Crippen LogP) is 9.13. The van der Waals surface area contributed by atoms with E-state index in [9.17, 15) is 8.78 Å². The molecule has 1 aliphatic carbocycles. The van der Waals surface area contributed by atoms with Crippen molar-refractivity contribution in [2.75, 3.05) is 6.61 Å². The van der Waals surface area contributed by atoms with Gasteiger partial charge < -0.3 is 4.74 Å². The number of halogens is 2. The van der Waals surface area contributed by atoms with Crippen molar-refractivity contribution < 1.29 is 13.5 Å². The second-order valence-electron chi connectivity index (χ2n) is 10.7. The highest BCUT2D eigenvalue weighted by atomic mass is 28.3. The van der Waals surface area contributed by atoms with Gasteiger partial charge in [-0.1, -0.05) is 81.4 Å². The molecule has 2 aliphatic rings. The van der Waals surface area contributed by atoms with Gasteiger partial charge in [0, 0.05) is 14.4 Å². The maximum absolute atomic E-state index is 14.6. The summed E-state index contributed by atoms with van der Waals surface area (Å²) in [5.74, 6) is 0.760. The van der Waals surface area contributed by atoms with Gasteiger partial charge in [-0.15, -0.1) is 0 Å². The van der Waals surface area contributed by atoms with Crippen LogP contribution in [0.1, 0.15) is 83.1 Å². The summed E-state index contributed by atoms with van der Waals surface area (Å²) in [6, 6.07) is 16.1. The molecule has 0 spiro atoms. The minimum Gasteiger partial charge on any atom is -0.491 e. The average molecular weight is 485 g/mol. The van der Waals surface area contributed by atoms with Gasteiger partial charge in [-0.3, -0.25) is 0 Å². The molecule has 34 heavy (non-hydrogen) atoms. The SMILES string of the molecule is CCCCC[SiH]1CCC(C2CCC(c3ccc(-c4ccc(OCC)c(F)c4F)cc3)CC2)CC1. The van der Waals surface area contributed by atoms with Gasteiger partial charge in [-0.2, -0.15) is 4.39 Å². The molecule has 1 heterocycles. The Balaban J connectivity index is 1.29. The number of hydrogen-bond acceptors (Lipinski definition) is 1. The van der Waals surface area contributed by atoms with Gasteiger partial charge in [0.25, 0.3) is 0 Å². The first-order chi connectivity index (χ1) is 16.6. The molecule has 0 bridgehead atoms. The Kier molecular flexibility index (Phi) is 9.21. The second kappa shape index (κ2) is 12.3. The fourth-order valence-electron chi connectivity index (χ4n) is 6.51. The molecule has 0 N–H and O–H groups in total. The zero-order chi connectivity index (χ0) is 23.9. The van der Waals surface area contributed by atoms with Crippen LogP contribution >= 0.6 is 0 Å². The summed E-state index contributed by atoms with van der Waals surface area (Å²) in [5.41, 5.74) is 2.36. The lowest BCUT2D eigenvalue weighted by molar-refractivity contribution is 0.216. The molecule has 1 nitrogen and oxygen atoms in total. The lowest BCUT2D eigenvalue weighted by Crippen LogP contribution is -2.28. The van der Waals surface area contributed by atoms with Gasteiger partial charge in [-0.25, -0.2) is 4.39 Å². The molecule has 2 aromatic rings. The lowest BCUT2D eigenvalue weighted by Gasteiger charge is -2.37. The van der Waals surface area contributed by atoms with E-state index in [2.05, 4.69) is 19.1 Å². The molecule has 2 aromatic carbocycles. The zero-order valence-electron chi connectivity index (χ0n) is 21.1. The topological polar surface area (TPSA) is 9.23 Å². The molecule has 4 heteroatoms. The van der Waals surface area contributed by atoms with E-state index in [0.717, 1.165) is 17.4 Å². The second-order valence-corrected chi connectivity index (χ2v) is 14.1. The summed E-state index contributed by atoms with van der Waals surface area (Å²) in [4.78, 5) is 0. The molecular weight excluding hydrogens is 442 g/mol. The summed E-state index contributed by atoms with van der Waals surface area (Å²) in [6.45, 7) is 4.39. The first kappa shape index (κ1) is 25.4. The van der Waals surface area contributed by atoms with Crippen molar-refractivity contribution in [3.05, 3.63) is 53.6 Å². The van der Waals surface area contributed by atoms with Crippen molar-refractivity contribution in [1.82, 2.24) is 0 Å². The van der Waals surface area contributed by atoms with Crippen molar-refractivity contribution in [2.24, 2.45) is 11.8 Å². The summed E-state index contributed by atoms with van der Waals surface area (Å²) >= 11 is 0. The third-order valence-corrected chi connectivity index (χ3v) is 12.1. The molecule has 0 unspecified atom stereocenters. The molecule has 4 rings (SSSR count). The van der Waals surface area contributed by atoms with Crippen LogP contribution in [-0.4, -0.2) is 15.4 Å². The number of benzene rings is 2. The molecule has 0 atom stereocenters. The summed E-state index contributed by atoms with van der Waals surface area (Å²) < 4.78 is 34.1. The van der Waals surface area contributed by atoms with Crippen LogP contribution < -0.4 is 4.74 Å². The predicted molar refractivity (Wildman–Crippen MR) is 141 cm³/mol.